The second kappa shape index (κ2) is 7.77. The van der Waals surface area contributed by atoms with E-state index in [0.29, 0.717) is 6.61 Å². The summed E-state index contributed by atoms with van der Waals surface area (Å²) in [6.45, 7) is 6.82. The number of rotatable bonds is 7. The third-order valence-electron chi connectivity index (χ3n) is 3.66. The Bertz CT molecular complexity index is 621. The number of hydrogen-bond acceptors (Lipinski definition) is 3. The van der Waals surface area contributed by atoms with Gasteiger partial charge in [-0.2, -0.15) is 0 Å². The third-order valence-corrected chi connectivity index (χ3v) is 3.66. The van der Waals surface area contributed by atoms with Crippen molar-refractivity contribution in [2.75, 3.05) is 6.61 Å². The number of ether oxygens (including phenoxy) is 1. The Morgan fingerprint density at radius 3 is 2.61 bits per heavy atom. The van der Waals surface area contributed by atoms with Gasteiger partial charge in [-0.15, -0.1) is 0 Å². The van der Waals surface area contributed by atoms with Crippen LogP contribution in [0, 0.1) is 0 Å². The van der Waals surface area contributed by atoms with E-state index in [2.05, 4.69) is 31.1 Å². The summed E-state index contributed by atoms with van der Waals surface area (Å²) in [6.07, 6.45) is 5.01. The number of aromatic nitrogens is 1. The molecule has 0 fully saturated rings. The van der Waals surface area contributed by atoms with Crippen molar-refractivity contribution < 1.29 is 9.53 Å². The molecule has 1 aromatic heterocycles. The molecule has 0 aliphatic heterocycles. The number of carbonyl (C=O) groups excluding carboxylic acids is 1. The van der Waals surface area contributed by atoms with Gasteiger partial charge in [-0.25, -0.2) is 0 Å². The Labute approximate surface area is 137 Å². The van der Waals surface area contributed by atoms with Gasteiger partial charge in [-0.1, -0.05) is 51.1 Å². The first kappa shape index (κ1) is 17.0. The zero-order valence-corrected chi connectivity index (χ0v) is 14.0. The van der Waals surface area contributed by atoms with Crippen LogP contribution in [0.15, 0.2) is 48.8 Å². The van der Waals surface area contributed by atoms with Gasteiger partial charge in [0, 0.05) is 6.20 Å². The standard InChI is InChI=1S/C19H24N2O2/c1-19(2,3)16-10-18(12-20-11-16)23-13-17(21-14-22)9-15-7-5-4-6-8-15/h4-8,10-12,14,17H,9,13H2,1-3H3,(H,21,22)/t17-/m1/s1. The molecule has 0 bridgehead atoms. The molecule has 0 radical (unpaired) electrons. The highest BCUT2D eigenvalue weighted by molar-refractivity contribution is 5.47. The van der Waals surface area contributed by atoms with Crippen LogP contribution in [-0.4, -0.2) is 24.0 Å². The highest BCUT2D eigenvalue weighted by atomic mass is 16.5. The largest absolute Gasteiger partial charge is 0.490 e. The van der Waals surface area contributed by atoms with Gasteiger partial charge in [0.2, 0.25) is 6.41 Å². The lowest BCUT2D eigenvalue weighted by molar-refractivity contribution is -0.110. The van der Waals surface area contributed by atoms with Crippen LogP contribution in [0.2, 0.25) is 0 Å². The molecule has 122 valence electrons. The number of nitrogens with zero attached hydrogens (tertiary/aromatic N) is 1. The van der Waals surface area contributed by atoms with Crippen molar-refractivity contribution in [3.05, 3.63) is 59.9 Å². The van der Waals surface area contributed by atoms with Crippen LogP contribution in [0.5, 0.6) is 5.75 Å². The molecular formula is C19H24N2O2. The SMILES string of the molecule is CC(C)(C)c1cncc(OC[C@@H](Cc2ccccc2)NC=O)c1. The van der Waals surface area contributed by atoms with E-state index in [1.54, 1.807) is 6.20 Å². The van der Waals surface area contributed by atoms with Crippen LogP contribution in [-0.2, 0) is 16.6 Å². The maximum atomic E-state index is 10.8. The van der Waals surface area contributed by atoms with Crippen LogP contribution >= 0.6 is 0 Å². The Balaban J connectivity index is 2.00. The van der Waals surface area contributed by atoms with Crippen LogP contribution in [0.25, 0.3) is 0 Å². The first-order valence-electron chi connectivity index (χ1n) is 7.81. The van der Waals surface area contributed by atoms with Crippen LogP contribution < -0.4 is 10.1 Å². The van der Waals surface area contributed by atoms with E-state index in [1.165, 1.54) is 0 Å². The van der Waals surface area contributed by atoms with Gasteiger partial charge < -0.3 is 10.1 Å². The zero-order chi connectivity index (χ0) is 16.7. The summed E-state index contributed by atoms with van der Waals surface area (Å²) in [6, 6.07) is 12.0. The average Bonchev–Trinajstić information content (AvgIpc) is 2.53. The molecule has 0 aliphatic carbocycles. The van der Waals surface area contributed by atoms with E-state index >= 15 is 0 Å². The highest BCUT2D eigenvalue weighted by Gasteiger charge is 2.15. The molecule has 0 unspecified atom stereocenters. The molecular weight excluding hydrogens is 288 g/mol. The predicted molar refractivity (Wildman–Crippen MR) is 91.6 cm³/mol. The summed E-state index contributed by atoms with van der Waals surface area (Å²) in [5.74, 6) is 0.725. The topological polar surface area (TPSA) is 51.2 Å². The Morgan fingerprint density at radius 2 is 1.96 bits per heavy atom. The summed E-state index contributed by atoms with van der Waals surface area (Å²) in [5, 5.41) is 2.82. The molecule has 4 heteroatoms. The lowest BCUT2D eigenvalue weighted by atomic mass is 9.88. The Kier molecular flexibility index (Phi) is 5.74. The van der Waals surface area contributed by atoms with Gasteiger partial charge in [0.15, 0.2) is 0 Å². The predicted octanol–water partition coefficient (Wildman–Crippen LogP) is 3.12. The number of benzene rings is 1. The molecule has 23 heavy (non-hydrogen) atoms. The van der Waals surface area contributed by atoms with Crippen molar-refractivity contribution in [2.45, 2.75) is 38.6 Å². The summed E-state index contributed by atoms with van der Waals surface area (Å²) in [4.78, 5) is 15.1. The number of pyridine rings is 1. The highest BCUT2D eigenvalue weighted by Crippen LogP contribution is 2.24. The van der Waals surface area contributed by atoms with E-state index in [4.69, 9.17) is 4.74 Å². The maximum Gasteiger partial charge on any atom is 0.207 e. The molecule has 0 aliphatic rings. The molecule has 1 N–H and O–H groups in total. The second-order valence-corrected chi connectivity index (χ2v) is 6.64. The van der Waals surface area contributed by atoms with Crippen molar-refractivity contribution in [3.8, 4) is 5.75 Å². The minimum Gasteiger partial charge on any atom is -0.490 e. The van der Waals surface area contributed by atoms with Crippen LogP contribution in [0.4, 0.5) is 0 Å². The molecule has 0 spiro atoms. The van der Waals surface area contributed by atoms with Crippen molar-refractivity contribution in [1.82, 2.24) is 10.3 Å². The summed E-state index contributed by atoms with van der Waals surface area (Å²) < 4.78 is 5.84. The molecule has 0 saturated heterocycles. The van der Waals surface area contributed by atoms with Crippen LogP contribution in [0.3, 0.4) is 0 Å². The van der Waals surface area contributed by atoms with E-state index in [0.717, 1.165) is 29.7 Å². The molecule has 2 aromatic rings. The van der Waals surface area contributed by atoms with Crippen molar-refractivity contribution in [2.24, 2.45) is 0 Å². The van der Waals surface area contributed by atoms with Gasteiger partial charge in [0.05, 0.1) is 12.2 Å². The number of hydrogen-bond donors (Lipinski definition) is 1. The minimum atomic E-state index is -0.0757. The molecule has 4 nitrogen and oxygen atoms in total. The van der Waals surface area contributed by atoms with Gasteiger partial charge in [0.25, 0.3) is 0 Å². The van der Waals surface area contributed by atoms with Gasteiger partial charge in [-0.05, 0) is 29.0 Å². The summed E-state index contributed by atoms with van der Waals surface area (Å²) in [7, 11) is 0. The first-order valence-corrected chi connectivity index (χ1v) is 7.81. The van der Waals surface area contributed by atoms with Crippen LogP contribution in [0.1, 0.15) is 31.9 Å². The quantitative estimate of drug-likeness (QED) is 0.799. The molecule has 0 saturated carbocycles. The fraction of sp³-hybridized carbons (Fsp3) is 0.368. The molecule has 1 atom stereocenters. The Hall–Kier alpha value is -2.36. The molecule has 1 heterocycles. The lowest BCUT2D eigenvalue weighted by Gasteiger charge is -2.20. The molecule has 1 aromatic carbocycles. The fourth-order valence-electron chi connectivity index (χ4n) is 2.27. The first-order chi connectivity index (χ1) is 11.0. The number of amides is 1. The molecule has 2 rings (SSSR count). The number of carbonyl (C=O) groups is 1. The van der Waals surface area contributed by atoms with Crippen molar-refractivity contribution in [1.29, 1.82) is 0 Å². The lowest BCUT2D eigenvalue weighted by Crippen LogP contribution is -2.35. The van der Waals surface area contributed by atoms with E-state index in [-0.39, 0.29) is 11.5 Å². The maximum absolute atomic E-state index is 10.8. The minimum absolute atomic E-state index is 0.0247. The number of nitrogens with one attached hydrogen (secondary N) is 1. The van der Waals surface area contributed by atoms with Gasteiger partial charge in [0.1, 0.15) is 12.4 Å². The summed E-state index contributed by atoms with van der Waals surface area (Å²) >= 11 is 0. The smallest absolute Gasteiger partial charge is 0.207 e. The van der Waals surface area contributed by atoms with Gasteiger partial charge >= 0.3 is 0 Å². The third kappa shape index (κ3) is 5.40. The zero-order valence-electron chi connectivity index (χ0n) is 14.0. The van der Waals surface area contributed by atoms with E-state index < -0.39 is 0 Å². The normalized spacial score (nSPS) is 12.5. The fourth-order valence-corrected chi connectivity index (χ4v) is 2.27. The van der Waals surface area contributed by atoms with Gasteiger partial charge in [-0.3, -0.25) is 9.78 Å². The monoisotopic (exact) mass is 312 g/mol. The van der Waals surface area contributed by atoms with Crippen molar-refractivity contribution in [3.63, 3.8) is 0 Å². The second-order valence-electron chi connectivity index (χ2n) is 6.64. The average molecular weight is 312 g/mol. The summed E-state index contributed by atoms with van der Waals surface area (Å²) in [5.41, 5.74) is 2.31. The van der Waals surface area contributed by atoms with Crippen molar-refractivity contribution >= 4 is 6.41 Å². The van der Waals surface area contributed by atoms with E-state index in [9.17, 15) is 4.79 Å². The Morgan fingerprint density at radius 1 is 1.22 bits per heavy atom. The molecule has 1 amide bonds. The van der Waals surface area contributed by atoms with E-state index in [1.807, 2.05) is 42.6 Å².